The Bertz CT molecular complexity index is 719. The number of aromatic nitrogens is 3. The van der Waals surface area contributed by atoms with Gasteiger partial charge in [0, 0.05) is 11.3 Å². The smallest absolute Gasteiger partial charge is 0.181 e. The molecular formula is C14H13BrN4O. The molecule has 0 unspecified atom stereocenters. The highest BCUT2D eigenvalue weighted by Crippen LogP contribution is 2.20. The van der Waals surface area contributed by atoms with E-state index in [4.69, 9.17) is 4.42 Å². The molecule has 0 amide bonds. The molecule has 6 heteroatoms. The molecule has 0 saturated heterocycles. The molecule has 20 heavy (non-hydrogen) atoms. The number of hydrogen-bond donors (Lipinski definition) is 2. The van der Waals surface area contributed by atoms with Crippen LogP contribution in [0.2, 0.25) is 0 Å². The third-order valence-electron chi connectivity index (χ3n) is 2.81. The Balaban J connectivity index is 1.74. The predicted molar refractivity (Wildman–Crippen MR) is 80.3 cm³/mol. The van der Waals surface area contributed by atoms with Crippen molar-refractivity contribution < 1.29 is 4.42 Å². The van der Waals surface area contributed by atoms with Crippen molar-refractivity contribution in [3.63, 3.8) is 0 Å². The van der Waals surface area contributed by atoms with Crippen LogP contribution in [0.5, 0.6) is 0 Å². The minimum Gasteiger partial charge on any atom is -0.452 e. The molecule has 3 aromatic rings. The number of nitrogens with one attached hydrogen (secondary N) is 2. The molecule has 0 spiro atoms. The highest BCUT2D eigenvalue weighted by molar-refractivity contribution is 9.10. The molecule has 1 aromatic carbocycles. The van der Waals surface area contributed by atoms with Crippen LogP contribution in [-0.2, 0) is 6.54 Å². The second kappa shape index (κ2) is 5.50. The van der Waals surface area contributed by atoms with E-state index in [9.17, 15) is 0 Å². The van der Waals surface area contributed by atoms with Gasteiger partial charge in [-0.1, -0.05) is 12.1 Å². The standard InChI is InChI=1S/C14H13BrN4O/c1-9-17-14(19-18-9)10-3-2-4-11(7-10)16-8-12-5-6-13(15)20-12/h2-7,16H,8H2,1H3,(H,17,18,19). The van der Waals surface area contributed by atoms with Gasteiger partial charge in [-0.05, 0) is 47.1 Å². The van der Waals surface area contributed by atoms with E-state index in [-0.39, 0.29) is 0 Å². The van der Waals surface area contributed by atoms with Gasteiger partial charge in [-0.15, -0.1) is 0 Å². The van der Waals surface area contributed by atoms with Crippen LogP contribution in [0.1, 0.15) is 11.6 Å². The first-order valence-electron chi connectivity index (χ1n) is 6.18. The van der Waals surface area contributed by atoms with Gasteiger partial charge in [-0.25, -0.2) is 4.98 Å². The van der Waals surface area contributed by atoms with Gasteiger partial charge in [-0.3, -0.25) is 5.10 Å². The van der Waals surface area contributed by atoms with Gasteiger partial charge in [-0.2, -0.15) is 5.10 Å². The lowest BCUT2D eigenvalue weighted by Crippen LogP contribution is -1.98. The quantitative estimate of drug-likeness (QED) is 0.763. The van der Waals surface area contributed by atoms with Crippen molar-refractivity contribution in [3.8, 4) is 11.4 Å². The van der Waals surface area contributed by atoms with Crippen LogP contribution in [0.3, 0.4) is 0 Å². The maximum Gasteiger partial charge on any atom is 0.181 e. The number of aromatic amines is 1. The van der Waals surface area contributed by atoms with E-state index in [0.29, 0.717) is 12.4 Å². The van der Waals surface area contributed by atoms with Crippen LogP contribution in [0.25, 0.3) is 11.4 Å². The Morgan fingerprint density at radius 3 is 2.90 bits per heavy atom. The van der Waals surface area contributed by atoms with E-state index < -0.39 is 0 Å². The Labute approximate surface area is 124 Å². The predicted octanol–water partition coefficient (Wildman–Crippen LogP) is 3.75. The molecule has 0 radical (unpaired) electrons. The average molecular weight is 333 g/mol. The third kappa shape index (κ3) is 2.91. The number of halogens is 1. The molecule has 2 N–H and O–H groups in total. The number of furan rings is 1. The van der Waals surface area contributed by atoms with Crippen molar-refractivity contribution in [3.05, 3.63) is 52.7 Å². The van der Waals surface area contributed by atoms with Crippen LogP contribution in [0, 0.1) is 6.92 Å². The molecule has 0 aliphatic heterocycles. The van der Waals surface area contributed by atoms with E-state index in [2.05, 4.69) is 36.4 Å². The minimum atomic E-state index is 0.627. The largest absolute Gasteiger partial charge is 0.452 e. The number of nitrogens with zero attached hydrogens (tertiary/aromatic N) is 2. The summed E-state index contributed by atoms with van der Waals surface area (Å²) in [5, 5.41) is 10.3. The van der Waals surface area contributed by atoms with Crippen LogP contribution < -0.4 is 5.32 Å². The minimum absolute atomic E-state index is 0.627. The summed E-state index contributed by atoms with van der Waals surface area (Å²) in [5.41, 5.74) is 1.97. The Morgan fingerprint density at radius 1 is 1.30 bits per heavy atom. The zero-order valence-corrected chi connectivity index (χ0v) is 12.4. The maximum atomic E-state index is 5.45. The molecule has 3 rings (SSSR count). The number of H-pyrrole nitrogens is 1. The summed E-state index contributed by atoms with van der Waals surface area (Å²) < 4.78 is 6.18. The summed E-state index contributed by atoms with van der Waals surface area (Å²) in [4.78, 5) is 4.32. The fourth-order valence-electron chi connectivity index (χ4n) is 1.88. The van der Waals surface area contributed by atoms with Gasteiger partial charge < -0.3 is 9.73 Å². The first-order chi connectivity index (χ1) is 9.70. The molecule has 2 heterocycles. The molecular weight excluding hydrogens is 320 g/mol. The van der Waals surface area contributed by atoms with Crippen molar-refractivity contribution >= 4 is 21.6 Å². The summed E-state index contributed by atoms with van der Waals surface area (Å²) in [5.74, 6) is 2.38. The van der Waals surface area contributed by atoms with Crippen LogP contribution in [-0.4, -0.2) is 15.2 Å². The average Bonchev–Trinajstić information content (AvgIpc) is 3.06. The fourth-order valence-corrected chi connectivity index (χ4v) is 2.22. The topological polar surface area (TPSA) is 66.7 Å². The summed E-state index contributed by atoms with van der Waals surface area (Å²) in [7, 11) is 0. The lowest BCUT2D eigenvalue weighted by atomic mass is 10.2. The molecule has 2 aromatic heterocycles. The highest BCUT2D eigenvalue weighted by atomic mass is 79.9. The lowest BCUT2D eigenvalue weighted by molar-refractivity contribution is 0.495. The monoisotopic (exact) mass is 332 g/mol. The lowest BCUT2D eigenvalue weighted by Gasteiger charge is -2.05. The Morgan fingerprint density at radius 2 is 2.20 bits per heavy atom. The van der Waals surface area contributed by atoms with Crippen molar-refractivity contribution in [1.29, 1.82) is 0 Å². The van der Waals surface area contributed by atoms with E-state index in [1.807, 2.05) is 43.3 Å². The SMILES string of the molecule is Cc1nc(-c2cccc(NCc3ccc(Br)o3)c2)n[nH]1. The Hall–Kier alpha value is -2.08. The summed E-state index contributed by atoms with van der Waals surface area (Å²) in [6.07, 6.45) is 0. The van der Waals surface area contributed by atoms with Crippen LogP contribution in [0.4, 0.5) is 5.69 Å². The fraction of sp³-hybridized carbons (Fsp3) is 0.143. The summed E-state index contributed by atoms with van der Waals surface area (Å²) in [6.45, 7) is 2.51. The van der Waals surface area contributed by atoms with Gasteiger partial charge in [0.25, 0.3) is 0 Å². The highest BCUT2D eigenvalue weighted by Gasteiger charge is 2.05. The molecule has 0 aliphatic carbocycles. The zero-order valence-electron chi connectivity index (χ0n) is 10.9. The molecule has 0 bridgehead atoms. The summed E-state index contributed by atoms with van der Waals surface area (Å²) in [6, 6.07) is 11.8. The number of benzene rings is 1. The van der Waals surface area contributed by atoms with Gasteiger partial charge in [0.05, 0.1) is 6.54 Å². The Kier molecular flexibility index (Phi) is 3.56. The first kappa shape index (κ1) is 12.9. The first-order valence-corrected chi connectivity index (χ1v) is 6.97. The zero-order chi connectivity index (χ0) is 13.9. The van der Waals surface area contributed by atoms with Crippen LogP contribution >= 0.6 is 15.9 Å². The number of rotatable bonds is 4. The number of hydrogen-bond acceptors (Lipinski definition) is 4. The second-order valence-electron chi connectivity index (χ2n) is 4.38. The van der Waals surface area contributed by atoms with Crippen LogP contribution in [0.15, 0.2) is 45.5 Å². The van der Waals surface area contributed by atoms with Crippen molar-refractivity contribution in [2.24, 2.45) is 0 Å². The maximum absolute atomic E-state index is 5.45. The molecule has 0 saturated carbocycles. The molecule has 0 aliphatic rings. The van der Waals surface area contributed by atoms with Crippen molar-refractivity contribution in [1.82, 2.24) is 15.2 Å². The van der Waals surface area contributed by atoms with Gasteiger partial charge in [0.2, 0.25) is 0 Å². The van der Waals surface area contributed by atoms with Crippen molar-refractivity contribution in [2.45, 2.75) is 13.5 Å². The van der Waals surface area contributed by atoms with E-state index in [0.717, 1.165) is 27.5 Å². The summed E-state index contributed by atoms with van der Waals surface area (Å²) >= 11 is 3.29. The number of aryl methyl sites for hydroxylation is 1. The van der Waals surface area contributed by atoms with E-state index in [1.54, 1.807) is 0 Å². The van der Waals surface area contributed by atoms with Gasteiger partial charge >= 0.3 is 0 Å². The third-order valence-corrected chi connectivity index (χ3v) is 3.24. The normalized spacial score (nSPS) is 10.7. The molecule has 0 fully saturated rings. The van der Waals surface area contributed by atoms with Gasteiger partial charge in [0.15, 0.2) is 10.5 Å². The molecule has 0 atom stereocenters. The van der Waals surface area contributed by atoms with Gasteiger partial charge in [0.1, 0.15) is 11.6 Å². The van der Waals surface area contributed by atoms with E-state index in [1.165, 1.54) is 0 Å². The second-order valence-corrected chi connectivity index (χ2v) is 5.17. The number of anilines is 1. The van der Waals surface area contributed by atoms with Crippen molar-refractivity contribution in [2.75, 3.05) is 5.32 Å². The molecule has 102 valence electrons. The van der Waals surface area contributed by atoms with E-state index >= 15 is 0 Å². The molecule has 5 nitrogen and oxygen atoms in total.